The van der Waals surface area contributed by atoms with Crippen molar-refractivity contribution >= 4 is 0 Å². The molecule has 7 heteroatoms. The Labute approximate surface area is 87.0 Å². The van der Waals surface area contributed by atoms with Crippen LogP contribution < -0.4 is 5.73 Å². The molecule has 1 aliphatic rings. The van der Waals surface area contributed by atoms with E-state index in [1.54, 1.807) is 0 Å². The maximum absolute atomic E-state index is 9.47. The topological polar surface area (TPSA) is 125 Å². The lowest BCUT2D eigenvalue weighted by molar-refractivity contribution is -0.300. The largest absolute Gasteiger partial charge is 0.394 e. The Morgan fingerprint density at radius 2 is 1.80 bits per heavy atom. The van der Waals surface area contributed by atoms with Crippen molar-refractivity contribution in [3.8, 4) is 0 Å². The smallest absolute Gasteiger partial charge is 0.186 e. The van der Waals surface area contributed by atoms with Gasteiger partial charge in [0.1, 0.15) is 24.4 Å². The number of nitrogens with two attached hydrogens (primary N) is 1. The van der Waals surface area contributed by atoms with Crippen molar-refractivity contribution < 1.29 is 29.9 Å². The van der Waals surface area contributed by atoms with Crippen LogP contribution in [0.2, 0.25) is 0 Å². The summed E-state index contributed by atoms with van der Waals surface area (Å²) in [5.41, 5.74) is 5.20. The summed E-state index contributed by atoms with van der Waals surface area (Å²) in [5, 5.41) is 37.1. The number of hydrogen-bond acceptors (Lipinski definition) is 7. The summed E-state index contributed by atoms with van der Waals surface area (Å²) >= 11 is 0. The van der Waals surface area contributed by atoms with Gasteiger partial charge in [-0.05, 0) is 0 Å². The molecule has 5 atom stereocenters. The molecule has 0 spiro atoms. The first-order valence-corrected chi connectivity index (χ1v) is 4.74. The quantitative estimate of drug-likeness (QED) is 0.339. The van der Waals surface area contributed by atoms with E-state index in [1.165, 1.54) is 0 Å². The first-order chi connectivity index (χ1) is 7.11. The molecule has 7 nitrogen and oxygen atoms in total. The average Bonchev–Trinajstić information content (AvgIpc) is 2.25. The summed E-state index contributed by atoms with van der Waals surface area (Å²) in [5.74, 6) is 0. The van der Waals surface area contributed by atoms with E-state index in [1.807, 2.05) is 0 Å². The number of aliphatic hydroxyl groups is 4. The Morgan fingerprint density at radius 3 is 2.33 bits per heavy atom. The fourth-order valence-electron chi connectivity index (χ4n) is 1.39. The van der Waals surface area contributed by atoms with Crippen molar-refractivity contribution in [1.82, 2.24) is 0 Å². The highest BCUT2D eigenvalue weighted by Crippen LogP contribution is 2.21. The maximum Gasteiger partial charge on any atom is 0.186 e. The summed E-state index contributed by atoms with van der Waals surface area (Å²) < 4.78 is 10.1. The van der Waals surface area contributed by atoms with Gasteiger partial charge in [0, 0.05) is 6.54 Å². The Morgan fingerprint density at radius 1 is 1.13 bits per heavy atom. The van der Waals surface area contributed by atoms with E-state index in [0.29, 0.717) is 0 Å². The molecule has 6 N–H and O–H groups in total. The van der Waals surface area contributed by atoms with Crippen LogP contribution in [0.15, 0.2) is 0 Å². The van der Waals surface area contributed by atoms with E-state index in [2.05, 4.69) is 0 Å². The number of ether oxygens (including phenoxy) is 2. The second kappa shape index (κ2) is 5.71. The second-order valence-electron chi connectivity index (χ2n) is 3.36. The molecule has 0 aliphatic carbocycles. The minimum atomic E-state index is -1.40. The first kappa shape index (κ1) is 12.8. The second-order valence-corrected chi connectivity index (χ2v) is 3.36. The Balaban J connectivity index is 2.57. The summed E-state index contributed by atoms with van der Waals surface area (Å²) in [7, 11) is 0. The maximum atomic E-state index is 9.47. The Kier molecular flexibility index (Phi) is 4.87. The predicted molar refractivity (Wildman–Crippen MR) is 48.8 cm³/mol. The van der Waals surface area contributed by atoms with Gasteiger partial charge in [0.05, 0.1) is 13.2 Å². The van der Waals surface area contributed by atoms with Gasteiger partial charge in [0.15, 0.2) is 6.29 Å². The predicted octanol–water partition coefficient (Wildman–Crippen LogP) is -3.24. The number of rotatable bonds is 4. The van der Waals surface area contributed by atoms with Crippen LogP contribution in [-0.4, -0.2) is 70.9 Å². The molecule has 0 aromatic carbocycles. The van der Waals surface area contributed by atoms with Gasteiger partial charge in [0.25, 0.3) is 0 Å². The lowest BCUT2D eigenvalue weighted by Crippen LogP contribution is -2.59. The Bertz CT molecular complexity index is 190. The minimum absolute atomic E-state index is 0.155. The van der Waals surface area contributed by atoms with Crippen molar-refractivity contribution in [2.75, 3.05) is 19.8 Å². The fourth-order valence-corrected chi connectivity index (χ4v) is 1.39. The third-order valence-corrected chi connectivity index (χ3v) is 2.25. The normalized spacial score (nSPS) is 41.8. The highest BCUT2D eigenvalue weighted by atomic mass is 16.7. The summed E-state index contributed by atoms with van der Waals surface area (Å²) in [6.07, 6.45) is -6.13. The van der Waals surface area contributed by atoms with Crippen LogP contribution in [0.5, 0.6) is 0 Å². The van der Waals surface area contributed by atoms with Gasteiger partial charge in [-0.25, -0.2) is 0 Å². The third kappa shape index (κ3) is 2.85. The van der Waals surface area contributed by atoms with Crippen molar-refractivity contribution in [2.24, 2.45) is 5.73 Å². The highest BCUT2D eigenvalue weighted by molar-refractivity contribution is 4.88. The van der Waals surface area contributed by atoms with Crippen LogP contribution in [0.3, 0.4) is 0 Å². The molecule has 0 aromatic rings. The number of aliphatic hydroxyl groups excluding tert-OH is 4. The molecule has 0 amide bonds. The van der Waals surface area contributed by atoms with E-state index in [9.17, 15) is 15.3 Å². The van der Waals surface area contributed by atoms with Crippen LogP contribution in [0.1, 0.15) is 0 Å². The van der Waals surface area contributed by atoms with Crippen LogP contribution in [0, 0.1) is 0 Å². The molecule has 1 aliphatic heterocycles. The summed E-state index contributed by atoms with van der Waals surface area (Å²) in [6, 6.07) is 0. The molecule has 15 heavy (non-hydrogen) atoms. The van der Waals surface area contributed by atoms with E-state index in [4.69, 9.17) is 20.3 Å². The van der Waals surface area contributed by atoms with Crippen molar-refractivity contribution in [3.63, 3.8) is 0 Å². The minimum Gasteiger partial charge on any atom is -0.394 e. The lowest BCUT2D eigenvalue weighted by Gasteiger charge is -2.39. The van der Waals surface area contributed by atoms with E-state index in [-0.39, 0.29) is 13.2 Å². The van der Waals surface area contributed by atoms with Crippen LogP contribution in [-0.2, 0) is 9.47 Å². The van der Waals surface area contributed by atoms with Gasteiger partial charge in [0.2, 0.25) is 0 Å². The van der Waals surface area contributed by atoms with Gasteiger partial charge in [-0.2, -0.15) is 0 Å². The lowest BCUT2D eigenvalue weighted by atomic mass is 9.99. The van der Waals surface area contributed by atoms with Gasteiger partial charge in [-0.15, -0.1) is 0 Å². The van der Waals surface area contributed by atoms with E-state index < -0.39 is 37.3 Å². The SMILES string of the molecule is NCCO[C@H]1OC(CO)[C@@H](O)[C@H](O)[C@@H]1O. The molecule has 1 fully saturated rings. The molecule has 90 valence electrons. The van der Waals surface area contributed by atoms with Crippen molar-refractivity contribution in [1.29, 1.82) is 0 Å². The molecule has 1 heterocycles. The van der Waals surface area contributed by atoms with Crippen LogP contribution in [0.4, 0.5) is 0 Å². The zero-order valence-corrected chi connectivity index (χ0v) is 8.19. The van der Waals surface area contributed by atoms with Crippen LogP contribution in [0.25, 0.3) is 0 Å². The molecule has 0 saturated carbocycles. The molecule has 1 saturated heterocycles. The molecule has 0 bridgehead atoms. The molecule has 1 unspecified atom stereocenters. The number of hydrogen-bond donors (Lipinski definition) is 5. The van der Waals surface area contributed by atoms with E-state index in [0.717, 1.165) is 0 Å². The van der Waals surface area contributed by atoms with Gasteiger partial charge in [-0.3, -0.25) is 0 Å². The summed E-state index contributed by atoms with van der Waals surface area (Å²) in [6.45, 7) is -0.0643. The van der Waals surface area contributed by atoms with Gasteiger partial charge >= 0.3 is 0 Å². The zero-order chi connectivity index (χ0) is 11.4. The first-order valence-electron chi connectivity index (χ1n) is 4.74. The van der Waals surface area contributed by atoms with Gasteiger partial charge in [-0.1, -0.05) is 0 Å². The van der Waals surface area contributed by atoms with E-state index >= 15 is 0 Å². The van der Waals surface area contributed by atoms with Crippen LogP contribution >= 0.6 is 0 Å². The third-order valence-electron chi connectivity index (χ3n) is 2.25. The molecular weight excluding hydrogens is 206 g/mol. The zero-order valence-electron chi connectivity index (χ0n) is 8.19. The molecule has 0 aromatic heterocycles. The molecule has 0 radical (unpaired) electrons. The standard InChI is InChI=1S/C8H17NO6/c9-1-2-14-8-7(13)6(12)5(11)4(3-10)15-8/h4-8,10-13H,1-3,9H2/t4?,5-,6+,7+,8+/m1/s1. The molecular formula is C8H17NO6. The highest BCUT2D eigenvalue weighted by Gasteiger charge is 2.43. The molecule has 1 rings (SSSR count). The van der Waals surface area contributed by atoms with Gasteiger partial charge < -0.3 is 35.6 Å². The Hall–Kier alpha value is -0.280. The fraction of sp³-hybridized carbons (Fsp3) is 1.00. The average molecular weight is 223 g/mol. The monoisotopic (exact) mass is 223 g/mol. The van der Waals surface area contributed by atoms with Crippen molar-refractivity contribution in [2.45, 2.75) is 30.7 Å². The van der Waals surface area contributed by atoms with Crippen molar-refractivity contribution in [3.05, 3.63) is 0 Å². The summed E-state index contributed by atoms with van der Waals surface area (Å²) in [4.78, 5) is 0.